The molecule has 1 aromatic rings. The molecule has 2 rings (SSSR count). The van der Waals surface area contributed by atoms with Gasteiger partial charge in [0.05, 0.1) is 12.2 Å². The van der Waals surface area contributed by atoms with E-state index >= 15 is 0 Å². The fourth-order valence-corrected chi connectivity index (χ4v) is 3.13. The van der Waals surface area contributed by atoms with Gasteiger partial charge < -0.3 is 9.64 Å². The predicted octanol–water partition coefficient (Wildman–Crippen LogP) is 2.21. The summed E-state index contributed by atoms with van der Waals surface area (Å²) in [6.45, 7) is 2.73. The molecule has 0 spiro atoms. The summed E-state index contributed by atoms with van der Waals surface area (Å²) < 4.78 is 4.99. The van der Waals surface area contributed by atoms with E-state index in [0.717, 1.165) is 0 Å². The Balaban J connectivity index is 2.21. The van der Waals surface area contributed by atoms with E-state index in [2.05, 4.69) is 12.6 Å². The zero-order chi connectivity index (χ0) is 13.1. The predicted molar refractivity (Wildman–Crippen MR) is 74.6 cm³/mol. The molecule has 0 saturated carbocycles. The van der Waals surface area contributed by atoms with Crippen molar-refractivity contribution in [1.82, 2.24) is 0 Å². The number of anilines is 1. The van der Waals surface area contributed by atoms with Crippen molar-refractivity contribution in [3.05, 3.63) is 17.0 Å². The molecule has 0 aliphatic carbocycles. The molecule has 0 N–H and O–H groups in total. The minimum Gasteiger partial charge on any atom is -0.462 e. The van der Waals surface area contributed by atoms with Gasteiger partial charge in [0.15, 0.2) is 0 Å². The first-order valence-corrected chi connectivity index (χ1v) is 7.34. The van der Waals surface area contributed by atoms with Gasteiger partial charge in [-0.1, -0.05) is 0 Å². The van der Waals surface area contributed by atoms with Gasteiger partial charge in [0.1, 0.15) is 5.00 Å². The van der Waals surface area contributed by atoms with E-state index < -0.39 is 0 Å². The molecule has 1 amide bonds. The van der Waals surface area contributed by atoms with E-state index in [1.165, 1.54) is 11.3 Å². The number of amides is 1. The highest BCUT2D eigenvalue weighted by Gasteiger charge is 2.32. The fourth-order valence-electron chi connectivity index (χ4n) is 1.97. The number of carbonyl (C=O) groups is 2. The largest absolute Gasteiger partial charge is 0.462 e. The van der Waals surface area contributed by atoms with Gasteiger partial charge >= 0.3 is 5.97 Å². The summed E-state index contributed by atoms with van der Waals surface area (Å²) in [6.07, 6.45) is 0.504. The van der Waals surface area contributed by atoms with Crippen LogP contribution < -0.4 is 4.90 Å². The SMILES string of the molecule is CCOC(=O)c1ccsc1N1CC(CS)CC1=O. The molecule has 6 heteroatoms. The van der Waals surface area contributed by atoms with Crippen molar-refractivity contribution < 1.29 is 14.3 Å². The normalized spacial score (nSPS) is 19.3. The molecule has 2 heterocycles. The summed E-state index contributed by atoms with van der Waals surface area (Å²) in [6, 6.07) is 1.71. The number of rotatable bonds is 4. The van der Waals surface area contributed by atoms with Crippen molar-refractivity contribution in [2.24, 2.45) is 5.92 Å². The number of carbonyl (C=O) groups excluding carboxylic acids is 2. The van der Waals surface area contributed by atoms with Crippen LogP contribution in [0.4, 0.5) is 5.00 Å². The average Bonchev–Trinajstić information content (AvgIpc) is 2.94. The van der Waals surface area contributed by atoms with E-state index in [0.29, 0.717) is 35.9 Å². The van der Waals surface area contributed by atoms with Crippen molar-refractivity contribution in [1.29, 1.82) is 0 Å². The van der Waals surface area contributed by atoms with Crippen LogP contribution in [0.5, 0.6) is 0 Å². The van der Waals surface area contributed by atoms with Crippen molar-refractivity contribution in [2.45, 2.75) is 13.3 Å². The third-order valence-electron chi connectivity index (χ3n) is 2.85. The third kappa shape index (κ3) is 2.54. The van der Waals surface area contributed by atoms with Gasteiger partial charge in [0.2, 0.25) is 5.91 Å². The van der Waals surface area contributed by atoms with Crippen molar-refractivity contribution in [3.63, 3.8) is 0 Å². The molecule has 0 bridgehead atoms. The Labute approximate surface area is 115 Å². The third-order valence-corrected chi connectivity index (χ3v) is 4.30. The maximum absolute atomic E-state index is 11.9. The Hall–Kier alpha value is -1.01. The molecule has 1 fully saturated rings. The van der Waals surface area contributed by atoms with Crippen molar-refractivity contribution in [2.75, 3.05) is 23.8 Å². The molecular formula is C12H15NO3S2. The van der Waals surface area contributed by atoms with Crippen LogP contribution in [0.15, 0.2) is 11.4 Å². The van der Waals surface area contributed by atoms with Crippen LogP contribution in [0.2, 0.25) is 0 Å². The first-order chi connectivity index (χ1) is 8.67. The molecule has 4 nitrogen and oxygen atoms in total. The molecule has 0 radical (unpaired) electrons. The highest BCUT2D eigenvalue weighted by atomic mass is 32.1. The molecule has 1 unspecified atom stereocenters. The summed E-state index contributed by atoms with van der Waals surface area (Å²) in [4.78, 5) is 25.4. The second kappa shape index (κ2) is 5.75. The quantitative estimate of drug-likeness (QED) is 0.681. The van der Waals surface area contributed by atoms with Crippen LogP contribution in [0.25, 0.3) is 0 Å². The number of thiol groups is 1. The first-order valence-electron chi connectivity index (χ1n) is 5.83. The number of nitrogens with zero attached hydrogens (tertiary/aromatic N) is 1. The van der Waals surface area contributed by atoms with Crippen LogP contribution in [0.3, 0.4) is 0 Å². The monoisotopic (exact) mass is 285 g/mol. The number of hydrogen-bond donors (Lipinski definition) is 1. The van der Waals surface area contributed by atoms with Gasteiger partial charge in [-0.3, -0.25) is 4.79 Å². The van der Waals surface area contributed by atoms with Gasteiger partial charge in [0.25, 0.3) is 0 Å². The molecule has 1 aliphatic heterocycles. The lowest BCUT2D eigenvalue weighted by molar-refractivity contribution is -0.117. The van der Waals surface area contributed by atoms with Gasteiger partial charge in [-0.25, -0.2) is 4.79 Å². The van der Waals surface area contributed by atoms with E-state index in [1.807, 2.05) is 5.38 Å². The molecule has 0 aromatic carbocycles. The van der Waals surface area contributed by atoms with E-state index in [1.54, 1.807) is 17.9 Å². The van der Waals surface area contributed by atoms with Crippen LogP contribution in [0, 0.1) is 5.92 Å². The summed E-state index contributed by atoms with van der Waals surface area (Å²) in [5.41, 5.74) is 0.481. The Bertz CT molecular complexity index is 458. The lowest BCUT2D eigenvalue weighted by Crippen LogP contribution is -2.25. The molecule has 1 saturated heterocycles. The number of hydrogen-bond acceptors (Lipinski definition) is 5. The van der Waals surface area contributed by atoms with Crippen LogP contribution >= 0.6 is 24.0 Å². The summed E-state index contributed by atoms with van der Waals surface area (Å²) in [7, 11) is 0. The van der Waals surface area contributed by atoms with Crippen LogP contribution in [0.1, 0.15) is 23.7 Å². The van der Waals surface area contributed by atoms with Crippen LogP contribution in [-0.4, -0.2) is 30.8 Å². The van der Waals surface area contributed by atoms with Crippen LogP contribution in [-0.2, 0) is 9.53 Å². The van der Waals surface area contributed by atoms with Crippen molar-refractivity contribution in [3.8, 4) is 0 Å². The number of thiophene rings is 1. The first kappa shape index (κ1) is 13.4. The smallest absolute Gasteiger partial charge is 0.341 e. The Morgan fingerprint density at radius 1 is 1.67 bits per heavy atom. The van der Waals surface area contributed by atoms with E-state index in [9.17, 15) is 9.59 Å². The Morgan fingerprint density at radius 2 is 2.44 bits per heavy atom. The maximum atomic E-state index is 11.9. The lowest BCUT2D eigenvalue weighted by Gasteiger charge is -2.15. The second-order valence-corrected chi connectivity index (χ2v) is 5.38. The minimum atomic E-state index is -0.365. The van der Waals surface area contributed by atoms with Gasteiger partial charge in [-0.2, -0.15) is 12.6 Å². The Kier molecular flexibility index (Phi) is 4.29. The zero-order valence-electron chi connectivity index (χ0n) is 10.1. The Morgan fingerprint density at radius 3 is 3.06 bits per heavy atom. The van der Waals surface area contributed by atoms with E-state index in [4.69, 9.17) is 4.74 Å². The highest BCUT2D eigenvalue weighted by Crippen LogP contribution is 2.33. The van der Waals surface area contributed by atoms with Gasteiger partial charge in [0, 0.05) is 13.0 Å². The second-order valence-electron chi connectivity index (χ2n) is 4.12. The van der Waals surface area contributed by atoms with E-state index in [-0.39, 0.29) is 17.8 Å². The number of esters is 1. The summed E-state index contributed by atoms with van der Waals surface area (Å²) in [5.74, 6) is 0.637. The topological polar surface area (TPSA) is 46.6 Å². The maximum Gasteiger partial charge on any atom is 0.341 e. The molecule has 1 aromatic heterocycles. The van der Waals surface area contributed by atoms with Gasteiger partial charge in [-0.15, -0.1) is 11.3 Å². The molecule has 1 atom stereocenters. The fraction of sp³-hybridized carbons (Fsp3) is 0.500. The average molecular weight is 285 g/mol. The molecule has 98 valence electrons. The van der Waals surface area contributed by atoms with Crippen molar-refractivity contribution >= 4 is 40.8 Å². The number of ether oxygens (including phenoxy) is 1. The molecular weight excluding hydrogens is 270 g/mol. The zero-order valence-corrected chi connectivity index (χ0v) is 11.8. The molecule has 1 aliphatic rings. The summed E-state index contributed by atoms with van der Waals surface area (Å²) in [5, 5.41) is 2.51. The standard InChI is InChI=1S/C12H15NO3S2/c1-2-16-12(15)9-3-4-18-11(9)13-6-8(7-17)5-10(13)14/h3-4,8,17H,2,5-7H2,1H3. The lowest BCUT2D eigenvalue weighted by atomic mass is 10.1. The minimum absolute atomic E-state index is 0.0575. The van der Waals surface area contributed by atoms with Gasteiger partial charge in [-0.05, 0) is 30.0 Å². The highest BCUT2D eigenvalue weighted by molar-refractivity contribution is 7.80. The summed E-state index contributed by atoms with van der Waals surface area (Å²) >= 11 is 5.62. The molecule has 18 heavy (non-hydrogen) atoms.